The Hall–Kier alpha value is -0.810. The third-order valence-corrected chi connectivity index (χ3v) is 6.17. The molecule has 0 saturated carbocycles. The van der Waals surface area contributed by atoms with Gasteiger partial charge in [0.1, 0.15) is 5.60 Å². The van der Waals surface area contributed by atoms with E-state index in [4.69, 9.17) is 0 Å². The Kier molecular flexibility index (Phi) is 2.98. The zero-order chi connectivity index (χ0) is 12.8. The van der Waals surface area contributed by atoms with Gasteiger partial charge in [-0.05, 0) is 38.7 Å². The third-order valence-electron chi connectivity index (χ3n) is 4.05. The minimum atomic E-state index is -0.977. The van der Waals surface area contributed by atoms with Crippen molar-refractivity contribution in [1.29, 1.82) is 0 Å². The van der Waals surface area contributed by atoms with Crippen molar-refractivity contribution in [2.24, 2.45) is 0 Å². The maximum Gasteiger partial charge on any atom is 0.160 e. The van der Waals surface area contributed by atoms with Crippen molar-refractivity contribution in [3.63, 3.8) is 0 Å². The first-order valence-electron chi connectivity index (χ1n) is 6.50. The Bertz CT molecular complexity index is 476. The smallest absolute Gasteiger partial charge is 0.160 e. The quantitative estimate of drug-likeness (QED) is 0.835. The molecule has 2 bridgehead atoms. The summed E-state index contributed by atoms with van der Waals surface area (Å²) >= 11 is 0. The van der Waals surface area contributed by atoms with Crippen molar-refractivity contribution < 1.29 is 9.32 Å². The first-order valence-corrected chi connectivity index (χ1v) is 7.78. The standard InChI is InChI=1S/C13H18N2O2S/c1-9-5-6-14-12(15-9)13(16)7-10-3-2-4-11(8-13)18(10)17/h5-6,10-11,16H,2-4,7-8H2,1H3. The average Bonchev–Trinajstić information content (AvgIpc) is 2.31. The molecule has 0 radical (unpaired) electrons. The first-order chi connectivity index (χ1) is 8.58. The average molecular weight is 266 g/mol. The molecular weight excluding hydrogens is 248 g/mol. The van der Waals surface area contributed by atoms with Gasteiger partial charge in [-0.15, -0.1) is 0 Å². The number of aryl methyl sites for hydroxylation is 1. The fourth-order valence-corrected chi connectivity index (χ4v) is 5.36. The van der Waals surface area contributed by atoms with Crippen LogP contribution in [0.4, 0.5) is 0 Å². The van der Waals surface area contributed by atoms with Crippen LogP contribution in [-0.4, -0.2) is 29.8 Å². The molecule has 2 atom stereocenters. The number of fused-ring (bicyclic) bond motifs is 2. The van der Waals surface area contributed by atoms with Crippen LogP contribution in [0.3, 0.4) is 0 Å². The molecule has 2 aliphatic rings. The van der Waals surface area contributed by atoms with Crippen LogP contribution in [0.2, 0.25) is 0 Å². The highest BCUT2D eigenvalue weighted by Gasteiger charge is 2.47. The second-order valence-corrected chi connectivity index (χ2v) is 7.46. The number of aliphatic hydroxyl groups is 1. The first kappa shape index (κ1) is 12.2. The molecule has 0 aromatic carbocycles. The van der Waals surface area contributed by atoms with Gasteiger partial charge in [0, 0.05) is 33.2 Å². The number of hydrogen-bond donors (Lipinski definition) is 1. The molecule has 2 fully saturated rings. The van der Waals surface area contributed by atoms with E-state index in [0.717, 1.165) is 25.0 Å². The Morgan fingerprint density at radius 2 is 2.06 bits per heavy atom. The summed E-state index contributed by atoms with van der Waals surface area (Å²) in [6, 6.07) is 1.83. The molecule has 98 valence electrons. The maximum absolute atomic E-state index is 12.2. The molecule has 1 aromatic rings. The summed E-state index contributed by atoms with van der Waals surface area (Å²) in [6.45, 7) is 1.90. The minimum Gasteiger partial charge on any atom is -0.382 e. The van der Waals surface area contributed by atoms with E-state index in [-0.39, 0.29) is 10.5 Å². The highest BCUT2D eigenvalue weighted by molar-refractivity contribution is 7.86. The summed E-state index contributed by atoms with van der Waals surface area (Å²) in [5.74, 6) is 0.510. The molecule has 2 unspecified atom stereocenters. The normalized spacial score (nSPS) is 39.6. The van der Waals surface area contributed by atoms with Gasteiger partial charge in [0.15, 0.2) is 5.82 Å². The van der Waals surface area contributed by atoms with Crippen molar-refractivity contribution in [3.8, 4) is 0 Å². The number of aromatic nitrogens is 2. The van der Waals surface area contributed by atoms with Crippen LogP contribution in [0.5, 0.6) is 0 Å². The van der Waals surface area contributed by atoms with Crippen LogP contribution in [0.1, 0.15) is 43.6 Å². The second kappa shape index (κ2) is 4.38. The lowest BCUT2D eigenvalue weighted by Gasteiger charge is -2.42. The number of hydrogen-bond acceptors (Lipinski definition) is 4. The largest absolute Gasteiger partial charge is 0.382 e. The zero-order valence-electron chi connectivity index (χ0n) is 10.5. The maximum atomic E-state index is 12.2. The van der Waals surface area contributed by atoms with Crippen LogP contribution in [-0.2, 0) is 16.4 Å². The molecule has 18 heavy (non-hydrogen) atoms. The number of nitrogens with zero attached hydrogens (tertiary/aromatic N) is 2. The summed E-state index contributed by atoms with van der Waals surface area (Å²) in [7, 11) is -0.777. The van der Waals surface area contributed by atoms with Crippen molar-refractivity contribution >= 4 is 10.8 Å². The van der Waals surface area contributed by atoms with Crippen LogP contribution >= 0.6 is 0 Å². The molecule has 2 aliphatic heterocycles. The van der Waals surface area contributed by atoms with Crippen molar-refractivity contribution in [2.45, 2.75) is 55.1 Å². The monoisotopic (exact) mass is 266 g/mol. The molecule has 1 aromatic heterocycles. The molecule has 0 aliphatic carbocycles. The Balaban J connectivity index is 1.94. The molecule has 1 N–H and O–H groups in total. The van der Waals surface area contributed by atoms with Gasteiger partial charge in [-0.1, -0.05) is 6.42 Å². The zero-order valence-corrected chi connectivity index (χ0v) is 11.3. The van der Waals surface area contributed by atoms with Crippen LogP contribution < -0.4 is 0 Å². The van der Waals surface area contributed by atoms with Gasteiger partial charge in [0.2, 0.25) is 0 Å². The Morgan fingerprint density at radius 1 is 1.39 bits per heavy atom. The molecule has 0 spiro atoms. The fraction of sp³-hybridized carbons (Fsp3) is 0.692. The summed E-state index contributed by atoms with van der Waals surface area (Å²) in [4.78, 5) is 8.59. The van der Waals surface area contributed by atoms with E-state index in [1.807, 2.05) is 13.0 Å². The predicted octanol–water partition coefficient (Wildman–Crippen LogP) is 1.44. The summed E-state index contributed by atoms with van der Waals surface area (Å²) in [5, 5.41) is 11.1. The minimum absolute atomic E-state index is 0.117. The lowest BCUT2D eigenvalue weighted by molar-refractivity contribution is -0.00203. The van der Waals surface area contributed by atoms with Crippen molar-refractivity contribution in [3.05, 3.63) is 23.8 Å². The van der Waals surface area contributed by atoms with Gasteiger partial charge in [-0.2, -0.15) is 0 Å². The van der Waals surface area contributed by atoms with E-state index < -0.39 is 16.4 Å². The van der Waals surface area contributed by atoms with Gasteiger partial charge in [0.25, 0.3) is 0 Å². The van der Waals surface area contributed by atoms with E-state index in [0.29, 0.717) is 18.7 Å². The lowest BCUT2D eigenvalue weighted by atomic mass is 9.85. The van der Waals surface area contributed by atoms with E-state index >= 15 is 0 Å². The highest BCUT2D eigenvalue weighted by atomic mass is 32.2. The molecular formula is C13H18N2O2S. The van der Waals surface area contributed by atoms with E-state index in [9.17, 15) is 9.32 Å². The van der Waals surface area contributed by atoms with E-state index in [1.54, 1.807) is 6.20 Å². The molecule has 5 heteroatoms. The lowest BCUT2D eigenvalue weighted by Crippen LogP contribution is -2.48. The van der Waals surface area contributed by atoms with Crippen LogP contribution in [0.25, 0.3) is 0 Å². The molecule has 4 nitrogen and oxygen atoms in total. The summed E-state index contributed by atoms with van der Waals surface area (Å²) < 4.78 is 12.2. The highest BCUT2D eigenvalue weighted by Crippen LogP contribution is 2.43. The van der Waals surface area contributed by atoms with Gasteiger partial charge in [-0.25, -0.2) is 9.97 Å². The van der Waals surface area contributed by atoms with E-state index in [2.05, 4.69) is 9.97 Å². The van der Waals surface area contributed by atoms with Crippen LogP contribution in [0, 0.1) is 6.92 Å². The molecule has 0 amide bonds. The molecule has 3 rings (SSSR count). The number of rotatable bonds is 1. The molecule has 3 heterocycles. The topological polar surface area (TPSA) is 63.1 Å². The summed E-state index contributed by atoms with van der Waals surface area (Å²) in [6.07, 6.45) is 5.82. The third kappa shape index (κ3) is 1.99. The van der Waals surface area contributed by atoms with Gasteiger partial charge >= 0.3 is 0 Å². The van der Waals surface area contributed by atoms with Gasteiger partial charge in [0.05, 0.1) is 0 Å². The Labute approximate surface area is 109 Å². The van der Waals surface area contributed by atoms with Crippen molar-refractivity contribution in [1.82, 2.24) is 9.97 Å². The fourth-order valence-electron chi connectivity index (χ4n) is 3.14. The predicted molar refractivity (Wildman–Crippen MR) is 69.5 cm³/mol. The molecule has 2 saturated heterocycles. The van der Waals surface area contributed by atoms with Gasteiger partial charge in [-0.3, -0.25) is 4.21 Å². The van der Waals surface area contributed by atoms with E-state index in [1.165, 1.54) is 0 Å². The SMILES string of the molecule is Cc1ccnc(C2(O)CC3CCCC(C2)S3=O)n1. The van der Waals surface area contributed by atoms with Crippen LogP contribution in [0.15, 0.2) is 12.3 Å². The summed E-state index contributed by atoms with van der Waals surface area (Å²) in [5.41, 5.74) is -0.111. The Morgan fingerprint density at radius 3 is 2.67 bits per heavy atom. The van der Waals surface area contributed by atoms with Crippen molar-refractivity contribution in [2.75, 3.05) is 0 Å². The van der Waals surface area contributed by atoms with Gasteiger partial charge < -0.3 is 5.11 Å². The second-order valence-electron chi connectivity index (χ2n) is 5.46.